The van der Waals surface area contributed by atoms with Crippen LogP contribution in [0.1, 0.15) is 40.0 Å². The molecule has 1 aliphatic heterocycles. The van der Waals surface area contributed by atoms with Crippen LogP contribution in [0.4, 0.5) is 0 Å². The van der Waals surface area contributed by atoms with E-state index in [0.717, 1.165) is 19.3 Å². The molecule has 4 heteroatoms. The highest BCUT2D eigenvalue weighted by Crippen LogP contribution is 2.27. The van der Waals surface area contributed by atoms with Crippen LogP contribution >= 0.6 is 11.6 Å². The van der Waals surface area contributed by atoms with Crippen LogP contribution in [-0.2, 0) is 9.53 Å². The van der Waals surface area contributed by atoms with Gasteiger partial charge < -0.3 is 10.1 Å². The number of halogens is 1. The molecule has 2 atom stereocenters. The average Bonchev–Trinajstić information content (AvgIpc) is 2.78. The van der Waals surface area contributed by atoms with Crippen molar-refractivity contribution in [1.82, 2.24) is 5.32 Å². The van der Waals surface area contributed by atoms with E-state index in [9.17, 15) is 4.79 Å². The van der Waals surface area contributed by atoms with Crippen LogP contribution < -0.4 is 5.32 Å². The lowest BCUT2D eigenvalue weighted by Gasteiger charge is -2.30. The first kappa shape index (κ1) is 14.8. The molecule has 0 bridgehead atoms. The topological polar surface area (TPSA) is 38.3 Å². The zero-order chi connectivity index (χ0) is 12.9. The highest BCUT2D eigenvalue weighted by Gasteiger charge is 2.32. The number of amides is 1. The van der Waals surface area contributed by atoms with Crippen LogP contribution in [0.3, 0.4) is 0 Å². The van der Waals surface area contributed by atoms with Crippen molar-refractivity contribution in [2.75, 3.05) is 19.0 Å². The first-order chi connectivity index (χ1) is 8.08. The predicted octanol–water partition coefficient (Wildman–Crippen LogP) is 2.57. The summed E-state index contributed by atoms with van der Waals surface area (Å²) in [5, 5.41) is 3.00. The fourth-order valence-electron chi connectivity index (χ4n) is 2.14. The summed E-state index contributed by atoms with van der Waals surface area (Å²) in [7, 11) is 0. The molecule has 0 aromatic rings. The molecule has 1 heterocycles. The van der Waals surface area contributed by atoms with Gasteiger partial charge in [-0.2, -0.15) is 0 Å². The monoisotopic (exact) mass is 261 g/mol. The lowest BCUT2D eigenvalue weighted by Crippen LogP contribution is -2.43. The quantitative estimate of drug-likeness (QED) is 0.747. The number of carbonyl (C=O) groups is 1. The van der Waals surface area contributed by atoms with Crippen LogP contribution in [0, 0.1) is 11.3 Å². The van der Waals surface area contributed by atoms with E-state index < -0.39 is 0 Å². The largest absolute Gasteiger partial charge is 0.368 e. The van der Waals surface area contributed by atoms with E-state index in [0.29, 0.717) is 24.9 Å². The molecular weight excluding hydrogens is 238 g/mol. The third-order valence-corrected chi connectivity index (χ3v) is 4.63. The molecule has 1 saturated heterocycles. The van der Waals surface area contributed by atoms with Crippen LogP contribution in [0.5, 0.6) is 0 Å². The minimum atomic E-state index is -0.267. The zero-order valence-electron chi connectivity index (χ0n) is 11.1. The maximum atomic E-state index is 12.0. The summed E-state index contributed by atoms with van der Waals surface area (Å²) in [6.45, 7) is 7.64. The van der Waals surface area contributed by atoms with Crippen molar-refractivity contribution in [3.05, 3.63) is 0 Å². The Bertz CT molecular complexity index is 246. The second-order valence-electron chi connectivity index (χ2n) is 5.12. The second-order valence-corrected chi connectivity index (χ2v) is 5.38. The van der Waals surface area contributed by atoms with Crippen molar-refractivity contribution in [1.29, 1.82) is 0 Å². The molecule has 0 radical (unpaired) electrons. The minimum absolute atomic E-state index is 0.0198. The van der Waals surface area contributed by atoms with E-state index in [4.69, 9.17) is 16.3 Å². The number of ether oxygens (including phenoxy) is 1. The molecule has 1 rings (SSSR count). The summed E-state index contributed by atoms with van der Waals surface area (Å²) < 4.78 is 5.45. The molecule has 1 N–H and O–H groups in total. The molecule has 2 unspecified atom stereocenters. The molecule has 0 saturated carbocycles. The fraction of sp³-hybridized carbons (Fsp3) is 0.923. The van der Waals surface area contributed by atoms with Gasteiger partial charge in [0.25, 0.3) is 0 Å². The molecular formula is C13H24ClNO2. The maximum Gasteiger partial charge on any atom is 0.249 e. The standard InChI is InChI=1S/C13H24ClNO2/c1-4-13(5-2,8-14)9-15-12(16)11-10(3)6-7-17-11/h10-11H,4-9H2,1-3H3,(H,15,16). The molecule has 17 heavy (non-hydrogen) atoms. The van der Waals surface area contributed by atoms with Gasteiger partial charge in [-0.05, 0) is 25.2 Å². The van der Waals surface area contributed by atoms with E-state index in [1.165, 1.54) is 0 Å². The summed E-state index contributed by atoms with van der Waals surface area (Å²) in [4.78, 5) is 12.0. The van der Waals surface area contributed by atoms with Gasteiger partial charge in [0.1, 0.15) is 6.10 Å². The lowest BCUT2D eigenvalue weighted by atomic mass is 9.84. The third kappa shape index (κ3) is 3.59. The van der Waals surface area contributed by atoms with Crippen LogP contribution in [0.2, 0.25) is 0 Å². The Labute approximate surface area is 109 Å². The van der Waals surface area contributed by atoms with Crippen molar-refractivity contribution in [2.45, 2.75) is 46.1 Å². The van der Waals surface area contributed by atoms with E-state index in [1.54, 1.807) is 0 Å². The first-order valence-electron chi connectivity index (χ1n) is 6.54. The van der Waals surface area contributed by atoms with Crippen LogP contribution in [0.25, 0.3) is 0 Å². The van der Waals surface area contributed by atoms with Gasteiger partial charge >= 0.3 is 0 Å². The number of nitrogens with one attached hydrogen (secondary N) is 1. The third-order valence-electron chi connectivity index (χ3n) is 4.07. The van der Waals surface area contributed by atoms with Crippen molar-refractivity contribution in [3.63, 3.8) is 0 Å². The maximum absolute atomic E-state index is 12.0. The predicted molar refractivity (Wildman–Crippen MR) is 70.3 cm³/mol. The number of hydrogen-bond acceptors (Lipinski definition) is 2. The summed E-state index contributed by atoms with van der Waals surface area (Å²) >= 11 is 6.01. The molecule has 0 aliphatic carbocycles. The van der Waals surface area contributed by atoms with Gasteiger partial charge in [0.15, 0.2) is 0 Å². The molecule has 100 valence electrons. The summed E-state index contributed by atoms with van der Waals surface area (Å²) in [6.07, 6.45) is 2.67. The molecule has 0 aromatic heterocycles. The van der Waals surface area contributed by atoms with Gasteiger partial charge in [-0.15, -0.1) is 11.6 Å². The lowest BCUT2D eigenvalue weighted by molar-refractivity contribution is -0.132. The molecule has 1 amide bonds. The number of hydrogen-bond donors (Lipinski definition) is 1. The number of carbonyl (C=O) groups excluding carboxylic acids is 1. The Kier molecular flexibility index (Phi) is 5.74. The molecule has 3 nitrogen and oxygen atoms in total. The zero-order valence-corrected chi connectivity index (χ0v) is 11.8. The van der Waals surface area contributed by atoms with Gasteiger partial charge in [-0.25, -0.2) is 0 Å². The summed E-state index contributed by atoms with van der Waals surface area (Å²) in [6, 6.07) is 0. The van der Waals surface area contributed by atoms with Crippen molar-refractivity contribution < 1.29 is 9.53 Å². The SMILES string of the molecule is CCC(CC)(CCl)CNC(=O)C1OCCC1C. The van der Waals surface area contributed by atoms with Gasteiger partial charge in [-0.3, -0.25) is 4.79 Å². The summed E-state index contributed by atoms with van der Waals surface area (Å²) in [5.41, 5.74) is 0.0268. The molecule has 1 fully saturated rings. The molecule has 0 spiro atoms. The van der Waals surface area contributed by atoms with Gasteiger partial charge in [0.05, 0.1) is 0 Å². The Morgan fingerprint density at radius 3 is 2.53 bits per heavy atom. The second kappa shape index (κ2) is 6.60. The summed E-state index contributed by atoms with van der Waals surface area (Å²) in [5.74, 6) is 0.927. The molecule has 1 aliphatic rings. The van der Waals surface area contributed by atoms with Crippen molar-refractivity contribution in [2.24, 2.45) is 11.3 Å². The average molecular weight is 262 g/mol. The minimum Gasteiger partial charge on any atom is -0.368 e. The van der Waals surface area contributed by atoms with E-state index >= 15 is 0 Å². The highest BCUT2D eigenvalue weighted by molar-refractivity contribution is 6.18. The fourth-order valence-corrected chi connectivity index (χ4v) is 2.61. The van der Waals surface area contributed by atoms with Crippen molar-refractivity contribution in [3.8, 4) is 0 Å². The Balaban J connectivity index is 2.46. The van der Waals surface area contributed by atoms with E-state index in [-0.39, 0.29) is 17.4 Å². The number of alkyl halides is 1. The van der Waals surface area contributed by atoms with Gasteiger partial charge in [-0.1, -0.05) is 20.8 Å². The Morgan fingerprint density at radius 2 is 2.12 bits per heavy atom. The van der Waals surface area contributed by atoms with Crippen LogP contribution in [-0.4, -0.2) is 31.0 Å². The normalized spacial score (nSPS) is 24.9. The van der Waals surface area contributed by atoms with Crippen LogP contribution in [0.15, 0.2) is 0 Å². The highest BCUT2D eigenvalue weighted by atomic mass is 35.5. The van der Waals surface area contributed by atoms with Gasteiger partial charge in [0, 0.05) is 24.4 Å². The van der Waals surface area contributed by atoms with E-state index in [2.05, 4.69) is 26.1 Å². The Hall–Kier alpha value is -0.280. The van der Waals surface area contributed by atoms with E-state index in [1.807, 2.05) is 0 Å². The Morgan fingerprint density at radius 1 is 1.47 bits per heavy atom. The first-order valence-corrected chi connectivity index (χ1v) is 7.07. The molecule has 0 aromatic carbocycles. The number of rotatable bonds is 6. The van der Waals surface area contributed by atoms with Gasteiger partial charge in [0.2, 0.25) is 5.91 Å². The smallest absolute Gasteiger partial charge is 0.249 e. The van der Waals surface area contributed by atoms with Crippen molar-refractivity contribution >= 4 is 17.5 Å².